The Hall–Kier alpha value is -0.630. The fourth-order valence-electron chi connectivity index (χ4n) is 0.144. The highest BCUT2D eigenvalue weighted by Gasteiger charge is 1.92. The normalized spacial score (nSPS) is 8.29. The van der Waals surface area contributed by atoms with Crippen LogP contribution in [0.15, 0.2) is 12.2 Å². The van der Waals surface area contributed by atoms with Gasteiger partial charge in [0.25, 0.3) is 0 Å². The second-order valence-electron chi connectivity index (χ2n) is 1.36. The molecule has 40 valence electrons. The summed E-state index contributed by atoms with van der Waals surface area (Å²) in [5, 5.41) is 0. The maximum atomic E-state index is 10.2. The summed E-state index contributed by atoms with van der Waals surface area (Å²) in [6, 6.07) is 0. The van der Waals surface area contributed by atoms with Crippen molar-refractivity contribution in [2.75, 3.05) is 6.54 Å². The molecule has 0 aliphatic carbocycles. The van der Waals surface area contributed by atoms with E-state index in [0.717, 1.165) is 0 Å². The van der Waals surface area contributed by atoms with E-state index in [1.165, 1.54) is 6.92 Å². The van der Waals surface area contributed by atoms with Gasteiger partial charge in [0, 0.05) is 12.1 Å². The molecule has 0 rings (SSSR count). The summed E-state index contributed by atoms with van der Waals surface area (Å²) in [6.45, 7) is 5.12. The minimum absolute atomic E-state index is 0.0255. The quantitative estimate of drug-likeness (QED) is 0.498. The van der Waals surface area contributed by atoms with Crippen LogP contribution in [0.25, 0.3) is 0 Å². The Morgan fingerprint density at radius 3 is 2.29 bits per heavy atom. The van der Waals surface area contributed by atoms with Crippen LogP contribution in [0.2, 0.25) is 0 Å². The Morgan fingerprint density at radius 1 is 1.86 bits per heavy atom. The first-order valence-corrected chi connectivity index (χ1v) is 2.07. The van der Waals surface area contributed by atoms with Crippen LogP contribution in [0.5, 0.6) is 0 Å². The fraction of sp³-hybridized carbons (Fsp3) is 0.400. The lowest BCUT2D eigenvalue weighted by Crippen LogP contribution is -2.07. The van der Waals surface area contributed by atoms with Gasteiger partial charge in [0.2, 0.25) is 0 Å². The Morgan fingerprint density at radius 2 is 2.29 bits per heavy atom. The third-order valence-corrected chi connectivity index (χ3v) is 0.744. The zero-order valence-corrected chi connectivity index (χ0v) is 4.40. The van der Waals surface area contributed by atoms with Gasteiger partial charge in [0.15, 0.2) is 5.78 Å². The third-order valence-electron chi connectivity index (χ3n) is 0.744. The summed E-state index contributed by atoms with van der Waals surface area (Å²) in [7, 11) is 0. The molecule has 0 fully saturated rings. The van der Waals surface area contributed by atoms with E-state index >= 15 is 0 Å². The van der Waals surface area contributed by atoms with Crippen molar-refractivity contribution in [2.45, 2.75) is 6.92 Å². The first-order chi connectivity index (χ1) is 3.18. The predicted octanol–water partition coefficient (Wildman–Crippen LogP) is 0.0903. The van der Waals surface area contributed by atoms with Gasteiger partial charge in [-0.2, -0.15) is 0 Å². The number of hydrogen-bond donors (Lipinski definition) is 1. The van der Waals surface area contributed by atoms with Crippen molar-refractivity contribution in [3.8, 4) is 0 Å². The number of hydrogen-bond acceptors (Lipinski definition) is 2. The molecule has 2 nitrogen and oxygen atoms in total. The molecule has 0 unspecified atom stereocenters. The highest BCUT2D eigenvalue weighted by molar-refractivity contribution is 5.92. The van der Waals surface area contributed by atoms with Crippen LogP contribution in [-0.2, 0) is 4.79 Å². The van der Waals surface area contributed by atoms with E-state index < -0.39 is 0 Å². The van der Waals surface area contributed by atoms with Gasteiger partial charge in [0.1, 0.15) is 0 Å². The average molecular weight is 99.1 g/mol. The van der Waals surface area contributed by atoms with Crippen molar-refractivity contribution in [3.05, 3.63) is 12.2 Å². The maximum absolute atomic E-state index is 10.2. The zero-order chi connectivity index (χ0) is 5.86. The molecule has 0 aromatic rings. The van der Waals surface area contributed by atoms with Gasteiger partial charge < -0.3 is 5.73 Å². The van der Waals surface area contributed by atoms with Crippen LogP contribution in [0.3, 0.4) is 0 Å². The van der Waals surface area contributed by atoms with Crippen LogP contribution >= 0.6 is 0 Å². The van der Waals surface area contributed by atoms with Gasteiger partial charge in [-0.15, -0.1) is 0 Å². The maximum Gasteiger partial charge on any atom is 0.156 e. The van der Waals surface area contributed by atoms with E-state index in [1.807, 2.05) is 0 Å². The van der Waals surface area contributed by atoms with Crippen LogP contribution in [0, 0.1) is 0 Å². The Bertz CT molecular complexity index is 96.3. The lowest BCUT2D eigenvalue weighted by atomic mass is 10.2. The minimum Gasteiger partial charge on any atom is -0.326 e. The van der Waals surface area contributed by atoms with E-state index in [0.29, 0.717) is 5.57 Å². The minimum atomic E-state index is -0.0255. The zero-order valence-electron chi connectivity index (χ0n) is 4.40. The molecule has 0 saturated carbocycles. The number of ketones is 1. The molecule has 2 N–H and O–H groups in total. The van der Waals surface area contributed by atoms with E-state index in [9.17, 15) is 4.79 Å². The Kier molecular flexibility index (Phi) is 2.30. The number of carbonyl (C=O) groups is 1. The lowest BCUT2D eigenvalue weighted by Gasteiger charge is -1.89. The molecule has 0 bridgehead atoms. The van der Waals surface area contributed by atoms with Crippen LogP contribution in [0.4, 0.5) is 0 Å². The molecule has 0 spiro atoms. The van der Waals surface area contributed by atoms with Gasteiger partial charge in [-0.05, 0) is 6.92 Å². The van der Waals surface area contributed by atoms with Crippen molar-refractivity contribution >= 4 is 5.78 Å². The second-order valence-corrected chi connectivity index (χ2v) is 1.36. The number of carbonyl (C=O) groups excluding carboxylic acids is 1. The van der Waals surface area contributed by atoms with Crippen LogP contribution < -0.4 is 5.73 Å². The van der Waals surface area contributed by atoms with Crippen LogP contribution in [0.1, 0.15) is 6.92 Å². The standard InChI is InChI=1S/C5H9NO/c1-4(3-6)5(2)7/h1,3,6H2,2H3. The van der Waals surface area contributed by atoms with Crippen molar-refractivity contribution < 1.29 is 4.79 Å². The summed E-state index contributed by atoms with van der Waals surface area (Å²) >= 11 is 0. The molecule has 0 amide bonds. The summed E-state index contributed by atoms with van der Waals surface area (Å²) in [5.41, 5.74) is 5.54. The summed E-state index contributed by atoms with van der Waals surface area (Å²) < 4.78 is 0. The predicted molar refractivity (Wildman–Crippen MR) is 28.9 cm³/mol. The molecule has 0 heterocycles. The Balaban J connectivity index is 3.58. The molecule has 0 saturated heterocycles. The Labute approximate surface area is 43.0 Å². The van der Waals surface area contributed by atoms with Crippen molar-refractivity contribution in [1.29, 1.82) is 0 Å². The van der Waals surface area contributed by atoms with Gasteiger partial charge in [-0.25, -0.2) is 0 Å². The fourth-order valence-corrected chi connectivity index (χ4v) is 0.144. The van der Waals surface area contributed by atoms with Crippen molar-refractivity contribution in [2.24, 2.45) is 5.73 Å². The van der Waals surface area contributed by atoms with Gasteiger partial charge in [0.05, 0.1) is 0 Å². The van der Waals surface area contributed by atoms with E-state index in [2.05, 4.69) is 6.58 Å². The van der Waals surface area contributed by atoms with Gasteiger partial charge >= 0.3 is 0 Å². The van der Waals surface area contributed by atoms with E-state index in [4.69, 9.17) is 5.73 Å². The molecular formula is C5H9NO. The lowest BCUT2D eigenvalue weighted by molar-refractivity contribution is -0.113. The monoisotopic (exact) mass is 99.1 g/mol. The van der Waals surface area contributed by atoms with Crippen molar-refractivity contribution in [3.63, 3.8) is 0 Å². The third kappa shape index (κ3) is 2.11. The smallest absolute Gasteiger partial charge is 0.156 e. The number of rotatable bonds is 2. The summed E-state index contributed by atoms with van der Waals surface area (Å²) in [6.07, 6.45) is 0. The van der Waals surface area contributed by atoms with E-state index in [-0.39, 0.29) is 12.3 Å². The van der Waals surface area contributed by atoms with Gasteiger partial charge in [-0.3, -0.25) is 4.79 Å². The summed E-state index contributed by atoms with van der Waals surface area (Å²) in [4.78, 5) is 10.2. The first kappa shape index (κ1) is 6.37. The molecule has 2 heteroatoms. The number of Topliss-reactive ketones (excluding diaryl/α,β-unsaturated/α-hetero) is 1. The molecule has 7 heavy (non-hydrogen) atoms. The molecular weight excluding hydrogens is 90.1 g/mol. The average Bonchev–Trinajstić information content (AvgIpc) is 1.65. The van der Waals surface area contributed by atoms with E-state index in [1.54, 1.807) is 0 Å². The molecule has 0 aliphatic rings. The van der Waals surface area contributed by atoms with Crippen molar-refractivity contribution in [1.82, 2.24) is 0 Å². The topological polar surface area (TPSA) is 43.1 Å². The SMILES string of the molecule is C=C(CN)C(C)=O. The second kappa shape index (κ2) is 2.53. The summed E-state index contributed by atoms with van der Waals surface area (Å²) in [5.74, 6) is -0.0255. The van der Waals surface area contributed by atoms with Crippen LogP contribution in [-0.4, -0.2) is 12.3 Å². The largest absolute Gasteiger partial charge is 0.326 e. The molecule has 0 aliphatic heterocycles. The first-order valence-electron chi connectivity index (χ1n) is 2.07. The molecule has 0 aromatic heterocycles. The molecule has 0 atom stereocenters. The van der Waals surface area contributed by atoms with Gasteiger partial charge in [-0.1, -0.05) is 6.58 Å². The highest BCUT2D eigenvalue weighted by atomic mass is 16.1. The number of nitrogens with two attached hydrogens (primary N) is 1. The molecule has 0 radical (unpaired) electrons. The molecule has 0 aromatic carbocycles. The highest BCUT2D eigenvalue weighted by Crippen LogP contribution is 1.84.